The second-order valence-corrected chi connectivity index (χ2v) is 8.50. The van der Waals surface area contributed by atoms with Crippen LogP contribution in [0, 0.1) is 5.92 Å². The molecular weight excluding hydrogens is 329 g/mol. The topological polar surface area (TPSA) is 70.8 Å². The van der Waals surface area contributed by atoms with Gasteiger partial charge < -0.3 is 19.8 Å². The van der Waals surface area contributed by atoms with Gasteiger partial charge in [-0.15, -0.1) is 0 Å². The summed E-state index contributed by atoms with van der Waals surface area (Å²) in [4.78, 5) is 12.0. The molecule has 1 saturated carbocycles. The monoisotopic (exact) mass is 359 g/mol. The Hall–Kier alpha value is -1.53. The number of rotatable bonds is 5. The van der Waals surface area contributed by atoms with Crippen molar-refractivity contribution in [3.8, 4) is 5.75 Å². The van der Waals surface area contributed by atoms with Crippen LogP contribution in [-0.2, 0) is 14.1 Å². The normalized spacial score (nSPS) is 23.6. The van der Waals surface area contributed by atoms with Crippen LogP contribution in [0.15, 0.2) is 24.3 Å². The van der Waals surface area contributed by atoms with Gasteiger partial charge in [-0.1, -0.05) is 31.4 Å². The standard InChI is InChI=1S/C20H30BNO4/c1-19(2)20(3,4)26-21(25-19)15-11-8-12-16(13-15)24-17(18(22)23)14-9-6-5-7-10-14/h8,11-14,17H,5-7,9-10H2,1-4H3,(H2,22,23). The zero-order valence-electron chi connectivity index (χ0n) is 16.3. The second kappa shape index (κ2) is 7.24. The lowest BCUT2D eigenvalue weighted by atomic mass is 9.79. The van der Waals surface area contributed by atoms with E-state index in [1.807, 2.05) is 52.0 Å². The van der Waals surface area contributed by atoms with Gasteiger partial charge in [-0.3, -0.25) is 4.79 Å². The van der Waals surface area contributed by atoms with Gasteiger partial charge in [-0.25, -0.2) is 0 Å². The van der Waals surface area contributed by atoms with E-state index < -0.39 is 30.3 Å². The lowest BCUT2D eigenvalue weighted by molar-refractivity contribution is -0.127. The molecule has 1 aliphatic carbocycles. The minimum Gasteiger partial charge on any atom is -0.480 e. The fourth-order valence-corrected chi connectivity index (χ4v) is 3.68. The highest BCUT2D eigenvalue weighted by Gasteiger charge is 2.51. The summed E-state index contributed by atoms with van der Waals surface area (Å²) in [5.41, 5.74) is 5.72. The minimum atomic E-state index is -0.580. The van der Waals surface area contributed by atoms with Gasteiger partial charge >= 0.3 is 7.12 Å². The predicted molar refractivity (Wildman–Crippen MR) is 102 cm³/mol. The molecule has 1 atom stereocenters. The molecule has 2 N–H and O–H groups in total. The number of primary amides is 1. The first kappa shape index (κ1) is 19.2. The maximum Gasteiger partial charge on any atom is 0.494 e. The summed E-state index contributed by atoms with van der Waals surface area (Å²) in [6.45, 7) is 8.11. The molecule has 1 aromatic carbocycles. The molecule has 6 heteroatoms. The van der Waals surface area contributed by atoms with Gasteiger partial charge in [-0.2, -0.15) is 0 Å². The van der Waals surface area contributed by atoms with Gasteiger partial charge in [-0.05, 0) is 58.1 Å². The molecule has 0 spiro atoms. The first-order chi connectivity index (χ1) is 12.2. The number of hydrogen-bond acceptors (Lipinski definition) is 4. The summed E-state index contributed by atoms with van der Waals surface area (Å²) in [5, 5.41) is 0. The van der Waals surface area contributed by atoms with Crippen LogP contribution >= 0.6 is 0 Å². The molecule has 1 unspecified atom stereocenters. The maximum atomic E-state index is 12.0. The number of nitrogens with two attached hydrogens (primary N) is 1. The van der Waals surface area contributed by atoms with E-state index in [9.17, 15) is 4.79 Å². The Morgan fingerprint density at radius 1 is 1.15 bits per heavy atom. The molecule has 0 aromatic heterocycles. The molecule has 1 heterocycles. The molecule has 1 amide bonds. The van der Waals surface area contributed by atoms with Crippen molar-refractivity contribution < 1.29 is 18.8 Å². The van der Waals surface area contributed by atoms with E-state index in [0.717, 1.165) is 31.1 Å². The van der Waals surface area contributed by atoms with E-state index in [2.05, 4.69) is 0 Å². The number of carbonyl (C=O) groups excluding carboxylic acids is 1. The minimum absolute atomic E-state index is 0.196. The third-order valence-corrected chi connectivity index (χ3v) is 6.00. The lowest BCUT2D eigenvalue weighted by Crippen LogP contribution is -2.41. The van der Waals surface area contributed by atoms with Crippen molar-refractivity contribution in [2.24, 2.45) is 11.7 Å². The van der Waals surface area contributed by atoms with E-state index in [-0.39, 0.29) is 5.92 Å². The van der Waals surface area contributed by atoms with Gasteiger partial charge in [0.15, 0.2) is 6.10 Å². The maximum absolute atomic E-state index is 12.0. The van der Waals surface area contributed by atoms with Crippen molar-refractivity contribution in [2.75, 3.05) is 0 Å². The Bertz CT molecular complexity index is 639. The highest BCUT2D eigenvalue weighted by molar-refractivity contribution is 6.62. The zero-order chi connectivity index (χ0) is 18.9. The summed E-state index contributed by atoms with van der Waals surface area (Å²) in [5.74, 6) is 0.436. The van der Waals surface area contributed by atoms with Crippen molar-refractivity contribution in [2.45, 2.75) is 77.1 Å². The first-order valence-electron chi connectivity index (χ1n) is 9.61. The summed E-state index contributed by atoms with van der Waals surface area (Å²) in [7, 11) is -0.453. The molecule has 2 aliphatic rings. The third kappa shape index (κ3) is 3.91. The third-order valence-electron chi connectivity index (χ3n) is 6.00. The van der Waals surface area contributed by atoms with E-state index >= 15 is 0 Å². The van der Waals surface area contributed by atoms with Crippen LogP contribution in [-0.4, -0.2) is 30.3 Å². The Kier molecular flexibility index (Phi) is 5.36. The molecule has 2 fully saturated rings. The van der Waals surface area contributed by atoms with Crippen molar-refractivity contribution in [1.29, 1.82) is 0 Å². The zero-order valence-corrected chi connectivity index (χ0v) is 16.3. The number of benzene rings is 1. The molecule has 26 heavy (non-hydrogen) atoms. The molecule has 1 saturated heterocycles. The molecule has 0 radical (unpaired) electrons. The van der Waals surface area contributed by atoms with Crippen LogP contribution in [0.5, 0.6) is 5.75 Å². The number of amides is 1. The van der Waals surface area contributed by atoms with Crippen LogP contribution in [0.1, 0.15) is 59.8 Å². The summed E-state index contributed by atoms with van der Waals surface area (Å²) >= 11 is 0. The van der Waals surface area contributed by atoms with Crippen molar-refractivity contribution in [3.05, 3.63) is 24.3 Å². The fraction of sp³-hybridized carbons (Fsp3) is 0.650. The molecular formula is C20H30BNO4. The van der Waals surface area contributed by atoms with Gasteiger partial charge in [0.2, 0.25) is 0 Å². The summed E-state index contributed by atoms with van der Waals surface area (Å²) in [6, 6.07) is 7.60. The Morgan fingerprint density at radius 3 is 2.35 bits per heavy atom. The fourth-order valence-electron chi connectivity index (χ4n) is 3.68. The molecule has 1 aromatic rings. The molecule has 3 rings (SSSR count). The smallest absolute Gasteiger partial charge is 0.480 e. The van der Waals surface area contributed by atoms with Gasteiger partial charge in [0, 0.05) is 5.92 Å². The van der Waals surface area contributed by atoms with E-state index in [1.54, 1.807) is 0 Å². The van der Waals surface area contributed by atoms with Gasteiger partial charge in [0.1, 0.15) is 5.75 Å². The Balaban J connectivity index is 1.75. The average Bonchev–Trinajstić information content (AvgIpc) is 2.81. The quantitative estimate of drug-likeness (QED) is 0.821. The van der Waals surface area contributed by atoms with Gasteiger partial charge in [0.05, 0.1) is 11.2 Å². The SMILES string of the molecule is CC1(C)OB(c2cccc(OC(C(N)=O)C3CCCCC3)c2)OC1(C)C. The van der Waals surface area contributed by atoms with Crippen molar-refractivity contribution in [1.82, 2.24) is 0 Å². The van der Waals surface area contributed by atoms with Crippen LogP contribution in [0.3, 0.4) is 0 Å². The largest absolute Gasteiger partial charge is 0.494 e. The highest BCUT2D eigenvalue weighted by Crippen LogP contribution is 2.36. The lowest BCUT2D eigenvalue weighted by Gasteiger charge is -2.32. The summed E-state index contributed by atoms with van der Waals surface area (Å²) < 4.78 is 18.2. The molecule has 5 nitrogen and oxygen atoms in total. The van der Waals surface area contributed by atoms with Crippen LogP contribution in [0.2, 0.25) is 0 Å². The van der Waals surface area contributed by atoms with E-state index in [0.29, 0.717) is 5.75 Å². The Labute approximate surface area is 156 Å². The van der Waals surface area contributed by atoms with Crippen LogP contribution in [0.25, 0.3) is 0 Å². The second-order valence-electron chi connectivity index (χ2n) is 8.50. The molecule has 142 valence electrons. The summed E-state index contributed by atoms with van der Waals surface area (Å²) in [6.07, 6.45) is 4.88. The Morgan fingerprint density at radius 2 is 1.77 bits per heavy atom. The van der Waals surface area contributed by atoms with Crippen LogP contribution < -0.4 is 15.9 Å². The predicted octanol–water partition coefficient (Wildman–Crippen LogP) is 2.80. The van der Waals surface area contributed by atoms with E-state index in [1.165, 1.54) is 6.42 Å². The first-order valence-corrected chi connectivity index (χ1v) is 9.61. The van der Waals surface area contributed by atoms with Gasteiger partial charge in [0.25, 0.3) is 5.91 Å². The van der Waals surface area contributed by atoms with Crippen LogP contribution in [0.4, 0.5) is 0 Å². The number of carbonyl (C=O) groups is 1. The van der Waals surface area contributed by atoms with E-state index in [4.69, 9.17) is 19.8 Å². The molecule has 1 aliphatic heterocycles. The number of hydrogen-bond donors (Lipinski definition) is 1. The number of ether oxygens (including phenoxy) is 1. The molecule has 0 bridgehead atoms. The van der Waals surface area contributed by atoms with Crippen molar-refractivity contribution >= 4 is 18.5 Å². The highest BCUT2D eigenvalue weighted by atomic mass is 16.7. The van der Waals surface area contributed by atoms with Crippen molar-refractivity contribution in [3.63, 3.8) is 0 Å². The average molecular weight is 359 g/mol.